The van der Waals surface area contributed by atoms with Crippen LogP contribution >= 0.6 is 0 Å². The Morgan fingerprint density at radius 3 is 1.71 bits per heavy atom. The molecular formula is C16H25F3N2. The van der Waals surface area contributed by atoms with Gasteiger partial charge in [-0.1, -0.05) is 27.7 Å². The summed E-state index contributed by atoms with van der Waals surface area (Å²) in [5.74, 6) is -2.98. The third-order valence-corrected chi connectivity index (χ3v) is 3.25. The van der Waals surface area contributed by atoms with Crippen LogP contribution in [-0.4, -0.2) is 24.5 Å². The third kappa shape index (κ3) is 5.00. The fraction of sp³-hybridized carbons (Fsp3) is 0.625. The van der Waals surface area contributed by atoms with Crippen molar-refractivity contribution in [3.8, 4) is 0 Å². The Hall–Kier alpha value is -1.07. The monoisotopic (exact) mass is 302 g/mol. The molecule has 0 spiro atoms. The molecule has 5 heteroatoms. The Morgan fingerprint density at radius 2 is 1.38 bits per heavy atom. The van der Waals surface area contributed by atoms with Crippen molar-refractivity contribution in [1.29, 1.82) is 0 Å². The van der Waals surface area contributed by atoms with E-state index in [2.05, 4.69) is 32.6 Å². The molecule has 0 aliphatic heterocycles. The minimum Gasteiger partial charge on any atom is -0.329 e. The summed E-state index contributed by atoms with van der Waals surface area (Å²) in [6.07, 6.45) is 0. The van der Waals surface area contributed by atoms with Gasteiger partial charge in [-0.25, -0.2) is 13.2 Å². The smallest absolute Gasteiger partial charge is 0.194 e. The fourth-order valence-corrected chi connectivity index (χ4v) is 2.53. The van der Waals surface area contributed by atoms with Gasteiger partial charge in [-0.05, 0) is 29.5 Å². The van der Waals surface area contributed by atoms with Crippen molar-refractivity contribution in [2.24, 2.45) is 17.6 Å². The van der Waals surface area contributed by atoms with Crippen LogP contribution in [0.4, 0.5) is 13.2 Å². The number of rotatable bonds is 7. The molecule has 0 heterocycles. The first kappa shape index (κ1) is 18.0. The zero-order valence-corrected chi connectivity index (χ0v) is 13.2. The van der Waals surface area contributed by atoms with Crippen molar-refractivity contribution < 1.29 is 13.2 Å². The molecule has 1 aromatic rings. The fourth-order valence-electron chi connectivity index (χ4n) is 2.53. The summed E-state index contributed by atoms with van der Waals surface area (Å²) in [5, 5.41) is 0. The number of nitrogens with zero attached hydrogens (tertiary/aromatic N) is 1. The second-order valence-corrected chi connectivity index (χ2v) is 6.29. The van der Waals surface area contributed by atoms with Gasteiger partial charge < -0.3 is 5.73 Å². The molecule has 0 aromatic heterocycles. The zero-order chi connectivity index (χ0) is 16.2. The average Bonchev–Trinajstić information content (AvgIpc) is 2.35. The highest BCUT2D eigenvalue weighted by Gasteiger charge is 2.23. The molecule has 2 N–H and O–H groups in total. The molecular weight excluding hydrogens is 277 g/mol. The second kappa shape index (κ2) is 7.80. The summed E-state index contributed by atoms with van der Waals surface area (Å²) in [4.78, 5) is 2.11. The maximum absolute atomic E-state index is 13.5. The molecule has 0 aliphatic rings. The SMILES string of the molecule is CC(C)CN(CC(C)C)C(CN)c1cc(F)c(F)c(F)c1. The van der Waals surface area contributed by atoms with Gasteiger partial charge in [0.2, 0.25) is 0 Å². The lowest BCUT2D eigenvalue weighted by atomic mass is 10.0. The highest BCUT2D eigenvalue weighted by atomic mass is 19.2. The Kier molecular flexibility index (Phi) is 6.68. The van der Waals surface area contributed by atoms with E-state index < -0.39 is 17.5 Å². The molecule has 0 fully saturated rings. The van der Waals surface area contributed by atoms with Gasteiger partial charge in [0.05, 0.1) is 0 Å². The van der Waals surface area contributed by atoms with E-state index >= 15 is 0 Å². The van der Waals surface area contributed by atoms with Crippen molar-refractivity contribution in [2.45, 2.75) is 33.7 Å². The van der Waals surface area contributed by atoms with Crippen molar-refractivity contribution in [3.63, 3.8) is 0 Å². The first-order valence-corrected chi connectivity index (χ1v) is 7.34. The summed E-state index contributed by atoms with van der Waals surface area (Å²) in [6, 6.07) is 1.77. The van der Waals surface area contributed by atoms with Crippen LogP contribution < -0.4 is 5.73 Å². The summed E-state index contributed by atoms with van der Waals surface area (Å²) in [7, 11) is 0. The molecule has 1 rings (SSSR count). The maximum Gasteiger partial charge on any atom is 0.194 e. The van der Waals surface area contributed by atoms with Crippen LogP contribution in [0.15, 0.2) is 12.1 Å². The molecule has 0 saturated heterocycles. The van der Waals surface area contributed by atoms with Gasteiger partial charge in [-0.3, -0.25) is 4.90 Å². The molecule has 0 bridgehead atoms. The number of benzene rings is 1. The second-order valence-electron chi connectivity index (χ2n) is 6.29. The zero-order valence-electron chi connectivity index (χ0n) is 13.2. The van der Waals surface area contributed by atoms with E-state index in [9.17, 15) is 13.2 Å². The maximum atomic E-state index is 13.5. The lowest BCUT2D eigenvalue weighted by Gasteiger charge is -2.34. The number of halogens is 3. The highest BCUT2D eigenvalue weighted by Crippen LogP contribution is 2.25. The molecule has 1 aromatic carbocycles. The van der Waals surface area contributed by atoms with Crippen molar-refractivity contribution in [3.05, 3.63) is 35.1 Å². The summed E-state index contributed by atoms with van der Waals surface area (Å²) in [6.45, 7) is 10.1. The Morgan fingerprint density at radius 1 is 0.952 bits per heavy atom. The van der Waals surface area contributed by atoms with Gasteiger partial charge in [0.25, 0.3) is 0 Å². The van der Waals surface area contributed by atoms with Crippen molar-refractivity contribution in [2.75, 3.05) is 19.6 Å². The molecule has 0 radical (unpaired) electrons. The molecule has 1 unspecified atom stereocenters. The quantitative estimate of drug-likeness (QED) is 0.778. The first-order valence-electron chi connectivity index (χ1n) is 7.34. The van der Waals surface area contributed by atoms with Crippen molar-refractivity contribution >= 4 is 0 Å². The molecule has 120 valence electrons. The van der Waals surface area contributed by atoms with Gasteiger partial charge in [-0.2, -0.15) is 0 Å². The van der Waals surface area contributed by atoms with Crippen LogP contribution in [0.3, 0.4) is 0 Å². The highest BCUT2D eigenvalue weighted by molar-refractivity contribution is 5.23. The Bertz CT molecular complexity index is 428. The van der Waals surface area contributed by atoms with E-state index in [-0.39, 0.29) is 12.6 Å². The predicted octanol–water partition coefficient (Wildman–Crippen LogP) is 3.72. The molecule has 0 amide bonds. The van der Waals surface area contributed by atoms with Crippen molar-refractivity contribution in [1.82, 2.24) is 4.90 Å². The van der Waals surface area contributed by atoms with Crippen LogP contribution in [-0.2, 0) is 0 Å². The molecule has 0 aliphatic carbocycles. The molecule has 0 saturated carbocycles. The van der Waals surface area contributed by atoms with Gasteiger partial charge >= 0.3 is 0 Å². The van der Waals surface area contributed by atoms with Gasteiger partial charge in [-0.15, -0.1) is 0 Å². The minimum atomic E-state index is -1.44. The minimum absolute atomic E-state index is 0.226. The largest absolute Gasteiger partial charge is 0.329 e. The number of nitrogens with two attached hydrogens (primary N) is 1. The van der Waals surface area contributed by atoms with Gasteiger partial charge in [0, 0.05) is 25.7 Å². The lowest BCUT2D eigenvalue weighted by molar-refractivity contribution is 0.159. The van der Waals surface area contributed by atoms with E-state index in [1.54, 1.807) is 0 Å². The topological polar surface area (TPSA) is 29.3 Å². The van der Waals surface area contributed by atoms with Gasteiger partial charge in [0.15, 0.2) is 17.5 Å². The van der Waals surface area contributed by atoms with Crippen LogP contribution in [0.5, 0.6) is 0 Å². The summed E-state index contributed by atoms with van der Waals surface area (Å²) in [5.41, 5.74) is 6.20. The normalized spacial score (nSPS) is 13.5. The van der Waals surface area contributed by atoms with Crippen LogP contribution in [0, 0.1) is 29.3 Å². The number of hydrogen-bond donors (Lipinski definition) is 1. The predicted molar refractivity (Wildman–Crippen MR) is 79.4 cm³/mol. The number of hydrogen-bond acceptors (Lipinski definition) is 2. The Labute approximate surface area is 125 Å². The van der Waals surface area contributed by atoms with E-state index in [1.807, 2.05) is 0 Å². The molecule has 1 atom stereocenters. The average molecular weight is 302 g/mol. The molecule has 2 nitrogen and oxygen atoms in total. The summed E-state index contributed by atoms with van der Waals surface area (Å²) >= 11 is 0. The van der Waals surface area contributed by atoms with E-state index in [0.29, 0.717) is 17.4 Å². The van der Waals surface area contributed by atoms with E-state index in [4.69, 9.17) is 5.73 Å². The van der Waals surface area contributed by atoms with Crippen LogP contribution in [0.1, 0.15) is 39.3 Å². The van der Waals surface area contributed by atoms with Crippen LogP contribution in [0.25, 0.3) is 0 Å². The van der Waals surface area contributed by atoms with E-state index in [0.717, 1.165) is 25.2 Å². The summed E-state index contributed by atoms with van der Waals surface area (Å²) < 4.78 is 40.0. The van der Waals surface area contributed by atoms with Gasteiger partial charge in [0.1, 0.15) is 0 Å². The van der Waals surface area contributed by atoms with E-state index in [1.165, 1.54) is 0 Å². The molecule has 21 heavy (non-hydrogen) atoms. The third-order valence-electron chi connectivity index (χ3n) is 3.25. The standard InChI is InChI=1S/C16H25F3N2/c1-10(2)8-21(9-11(3)4)15(7-20)12-5-13(17)16(19)14(18)6-12/h5-6,10-11,15H,7-9,20H2,1-4H3. The Balaban J connectivity index is 3.12. The first-order chi connectivity index (χ1) is 9.76. The lowest BCUT2D eigenvalue weighted by Crippen LogP contribution is -2.38. The van der Waals surface area contributed by atoms with Crippen LogP contribution in [0.2, 0.25) is 0 Å².